The molecule has 230 valence electrons. The summed E-state index contributed by atoms with van der Waals surface area (Å²) in [6.07, 6.45) is 1.74. The van der Waals surface area contributed by atoms with E-state index in [1.165, 1.54) is 38.4 Å². The zero-order valence-electron chi connectivity index (χ0n) is 24.3. The fourth-order valence-corrected chi connectivity index (χ4v) is 3.68. The van der Waals surface area contributed by atoms with Crippen LogP contribution < -0.4 is 14.8 Å². The first kappa shape index (κ1) is 33.9. The van der Waals surface area contributed by atoms with Gasteiger partial charge < -0.3 is 34.1 Å². The smallest absolute Gasteiger partial charge is 0.329 e. The maximum atomic E-state index is 13.2. The van der Waals surface area contributed by atoms with Crippen molar-refractivity contribution in [3.05, 3.63) is 53.6 Å². The number of esters is 2. The van der Waals surface area contributed by atoms with E-state index in [-0.39, 0.29) is 48.1 Å². The van der Waals surface area contributed by atoms with Crippen LogP contribution in [0.1, 0.15) is 56.6 Å². The highest BCUT2D eigenvalue weighted by Gasteiger charge is 2.30. The Morgan fingerprint density at radius 2 is 1.86 bits per heavy atom. The van der Waals surface area contributed by atoms with Crippen molar-refractivity contribution in [2.45, 2.75) is 65.2 Å². The first-order valence-corrected chi connectivity index (χ1v) is 13.3. The van der Waals surface area contributed by atoms with E-state index in [0.29, 0.717) is 12.8 Å². The van der Waals surface area contributed by atoms with E-state index in [1.807, 2.05) is 0 Å². The lowest BCUT2D eigenvalue weighted by Gasteiger charge is -2.20. The first-order chi connectivity index (χ1) is 19.9. The number of amides is 1. The normalized spacial score (nSPS) is 18.6. The van der Waals surface area contributed by atoms with Crippen molar-refractivity contribution in [2.75, 3.05) is 20.5 Å². The molecule has 3 atom stereocenters. The minimum Gasteiger partial charge on any atom is -0.493 e. The van der Waals surface area contributed by atoms with Gasteiger partial charge in [-0.25, -0.2) is 14.2 Å². The number of carboxylic acid groups (broad SMARTS) is 1. The van der Waals surface area contributed by atoms with E-state index >= 15 is 0 Å². The number of ether oxygens (including phenoxy) is 5. The number of nitrogens with zero attached hydrogens (tertiary/aromatic N) is 1. The average Bonchev–Trinajstić information content (AvgIpc) is 2.99. The Morgan fingerprint density at radius 1 is 1.19 bits per heavy atom. The maximum absolute atomic E-state index is 13.2. The van der Waals surface area contributed by atoms with Crippen molar-refractivity contribution in [3.8, 4) is 11.5 Å². The summed E-state index contributed by atoms with van der Waals surface area (Å²) in [7, 11) is 1.38. The van der Waals surface area contributed by atoms with Gasteiger partial charge in [-0.2, -0.15) is 0 Å². The highest BCUT2D eigenvalue weighted by molar-refractivity contribution is 5.98. The number of benzene rings is 1. The predicted octanol–water partition coefficient (Wildman–Crippen LogP) is 3.31. The van der Waals surface area contributed by atoms with Gasteiger partial charge in [-0.1, -0.05) is 26.0 Å². The summed E-state index contributed by atoms with van der Waals surface area (Å²) >= 11 is 0. The summed E-state index contributed by atoms with van der Waals surface area (Å²) < 4.78 is 40.1. The Labute approximate surface area is 243 Å². The molecule has 0 bridgehead atoms. The van der Waals surface area contributed by atoms with E-state index < -0.39 is 42.8 Å². The molecular weight excluding hydrogens is 555 g/mol. The number of hydrogen-bond donors (Lipinski definition) is 2. The fourth-order valence-electron chi connectivity index (χ4n) is 3.68. The van der Waals surface area contributed by atoms with Gasteiger partial charge >= 0.3 is 17.9 Å². The summed E-state index contributed by atoms with van der Waals surface area (Å²) in [6.45, 7) is 5.97. The van der Waals surface area contributed by atoms with Gasteiger partial charge in [-0.05, 0) is 31.0 Å². The van der Waals surface area contributed by atoms with E-state index in [9.17, 15) is 23.6 Å². The molecule has 1 saturated heterocycles. The van der Waals surface area contributed by atoms with Gasteiger partial charge in [-0.3, -0.25) is 14.4 Å². The lowest BCUT2D eigenvalue weighted by Crippen LogP contribution is -2.43. The van der Waals surface area contributed by atoms with Crippen molar-refractivity contribution in [2.24, 2.45) is 5.92 Å². The Kier molecular flexibility index (Phi) is 13.6. The van der Waals surface area contributed by atoms with Gasteiger partial charge in [0.25, 0.3) is 5.91 Å². The van der Waals surface area contributed by atoms with Crippen LogP contribution in [0.5, 0.6) is 11.5 Å². The summed E-state index contributed by atoms with van der Waals surface area (Å²) in [5.74, 6) is -3.01. The second-order valence-corrected chi connectivity index (χ2v) is 9.70. The lowest BCUT2D eigenvalue weighted by atomic mass is 10.0. The van der Waals surface area contributed by atoms with Crippen LogP contribution in [0.3, 0.4) is 0 Å². The third-order valence-electron chi connectivity index (χ3n) is 5.90. The van der Waals surface area contributed by atoms with Crippen LogP contribution in [-0.4, -0.2) is 72.7 Å². The largest absolute Gasteiger partial charge is 0.493 e. The minimum absolute atomic E-state index is 0.0424. The molecule has 0 saturated carbocycles. The van der Waals surface area contributed by atoms with Crippen LogP contribution in [0.25, 0.3) is 0 Å². The Hall–Kier alpha value is -4.26. The number of aromatic nitrogens is 1. The molecule has 0 aliphatic carbocycles. The monoisotopic (exact) mass is 592 g/mol. The van der Waals surface area contributed by atoms with Gasteiger partial charge in [0.05, 0.1) is 19.1 Å². The zero-order chi connectivity index (χ0) is 31.2. The number of cyclic esters (lactones) is 1. The third kappa shape index (κ3) is 11.3. The van der Waals surface area contributed by atoms with Gasteiger partial charge in [0.15, 0.2) is 17.2 Å². The molecule has 1 aromatic heterocycles. The number of nitrogens with one attached hydrogen (secondary N) is 1. The van der Waals surface area contributed by atoms with Gasteiger partial charge in [0.1, 0.15) is 18.0 Å². The predicted molar refractivity (Wildman–Crippen MR) is 146 cm³/mol. The van der Waals surface area contributed by atoms with Crippen LogP contribution in [0.4, 0.5) is 4.39 Å². The molecule has 3 rings (SSSR count). The van der Waals surface area contributed by atoms with Crippen LogP contribution in [0.15, 0.2) is 36.5 Å². The molecule has 42 heavy (non-hydrogen) atoms. The summed E-state index contributed by atoms with van der Waals surface area (Å²) in [4.78, 5) is 50.6. The molecule has 0 spiro atoms. The molecular formula is C29H37FN2O10. The standard InChI is InChI=1S/C25H29FN2O8.C4H8O2/c1-15-12-19(13-17-4-6-18(26)7-5-17)33-11-9-20(25(31)36-15)28-24(30)22-23(35-14-34-16(2)29)21(32-3)8-10-27-22;1-3(2)4(5)6/h4-8,10,15,19-20H,9,11-14H2,1-3H3,(H,28,30);3H,1-2H3,(H,5,6)/t15?,19?,20-;/m0./s1. The van der Waals surface area contributed by atoms with Crippen molar-refractivity contribution < 1.29 is 52.4 Å². The van der Waals surface area contributed by atoms with Gasteiger partial charge in [0, 0.05) is 38.6 Å². The number of rotatable bonds is 9. The average molecular weight is 593 g/mol. The molecule has 2 unspecified atom stereocenters. The van der Waals surface area contributed by atoms with Gasteiger partial charge in [0.2, 0.25) is 6.79 Å². The second-order valence-electron chi connectivity index (χ2n) is 9.70. The Balaban J connectivity index is 0.000000928. The maximum Gasteiger partial charge on any atom is 0.329 e. The molecule has 12 nitrogen and oxygen atoms in total. The minimum atomic E-state index is -1.00. The molecule has 2 aromatic rings. The summed E-state index contributed by atoms with van der Waals surface area (Å²) in [5.41, 5.74) is 0.742. The fraction of sp³-hybridized carbons (Fsp3) is 0.483. The highest BCUT2D eigenvalue weighted by Crippen LogP contribution is 2.29. The molecule has 1 aromatic carbocycles. The van der Waals surface area contributed by atoms with E-state index in [2.05, 4.69) is 10.3 Å². The Bertz CT molecular complexity index is 1210. The van der Waals surface area contributed by atoms with Crippen LogP contribution in [-0.2, 0) is 35.0 Å². The number of carbonyl (C=O) groups is 4. The highest BCUT2D eigenvalue weighted by atomic mass is 19.1. The van der Waals surface area contributed by atoms with E-state index in [1.54, 1.807) is 32.9 Å². The van der Waals surface area contributed by atoms with Crippen molar-refractivity contribution in [3.63, 3.8) is 0 Å². The number of carboxylic acids is 1. The van der Waals surface area contributed by atoms with E-state index in [4.69, 9.17) is 28.8 Å². The molecule has 1 aliphatic heterocycles. The van der Waals surface area contributed by atoms with Crippen molar-refractivity contribution in [1.82, 2.24) is 10.3 Å². The van der Waals surface area contributed by atoms with Crippen molar-refractivity contribution in [1.29, 1.82) is 0 Å². The first-order valence-electron chi connectivity index (χ1n) is 13.3. The van der Waals surface area contributed by atoms with Crippen molar-refractivity contribution >= 4 is 23.8 Å². The number of halogens is 1. The number of aliphatic carboxylic acids is 1. The topological polar surface area (TPSA) is 160 Å². The SMILES string of the molecule is CC(C)C(=O)O.COc1ccnc(C(=O)N[C@H]2CCOC(Cc3ccc(F)cc3)CC(C)OC2=O)c1OCOC(C)=O. The second kappa shape index (κ2) is 16.9. The zero-order valence-corrected chi connectivity index (χ0v) is 24.3. The van der Waals surface area contributed by atoms with Gasteiger partial charge in [-0.15, -0.1) is 0 Å². The molecule has 2 heterocycles. The third-order valence-corrected chi connectivity index (χ3v) is 5.90. The lowest BCUT2D eigenvalue weighted by molar-refractivity contribution is -0.151. The number of hydrogen-bond acceptors (Lipinski definition) is 10. The molecule has 2 N–H and O–H groups in total. The summed E-state index contributed by atoms with van der Waals surface area (Å²) in [5, 5.41) is 10.6. The molecule has 13 heteroatoms. The Morgan fingerprint density at radius 3 is 2.45 bits per heavy atom. The molecule has 1 amide bonds. The van der Waals surface area contributed by atoms with Crippen LogP contribution in [0, 0.1) is 11.7 Å². The number of pyridine rings is 1. The summed E-state index contributed by atoms with van der Waals surface area (Å²) in [6, 6.07) is 6.62. The van der Waals surface area contributed by atoms with Crippen LogP contribution >= 0.6 is 0 Å². The quantitative estimate of drug-likeness (QED) is 0.325. The number of methoxy groups -OCH3 is 1. The molecule has 1 fully saturated rings. The van der Waals surface area contributed by atoms with Crippen LogP contribution in [0.2, 0.25) is 0 Å². The van der Waals surface area contributed by atoms with E-state index in [0.717, 1.165) is 5.56 Å². The molecule has 0 radical (unpaired) electrons. The molecule has 1 aliphatic rings. The number of carbonyl (C=O) groups excluding carboxylic acids is 3.